The first-order valence-corrected chi connectivity index (χ1v) is 7.88. The zero-order chi connectivity index (χ0) is 16.8. The second kappa shape index (κ2) is 12.9. The Morgan fingerprint density at radius 2 is 0.955 bits per heavy atom. The Labute approximate surface area is 133 Å². The minimum Gasteiger partial charge on any atom is -0.481 e. The van der Waals surface area contributed by atoms with Crippen LogP contribution >= 0.6 is 0 Å². The van der Waals surface area contributed by atoms with Gasteiger partial charge in [-0.05, 0) is 26.7 Å². The van der Waals surface area contributed by atoms with Gasteiger partial charge < -0.3 is 10.2 Å². The van der Waals surface area contributed by atoms with E-state index in [-0.39, 0.29) is 12.8 Å². The van der Waals surface area contributed by atoms with Gasteiger partial charge in [0.05, 0.1) is 0 Å². The van der Waals surface area contributed by atoms with Gasteiger partial charge in [-0.1, -0.05) is 61.1 Å². The van der Waals surface area contributed by atoms with Gasteiger partial charge in [0.25, 0.3) is 0 Å². The summed E-state index contributed by atoms with van der Waals surface area (Å²) in [6.45, 7) is 4.19. The molecule has 4 heteroatoms. The average Bonchev–Trinajstić information content (AvgIpc) is 2.45. The SMILES string of the molecule is Cc1ccc(C)cc1.O=C(O)CCCCCCCCC(=O)O. The smallest absolute Gasteiger partial charge is 0.303 e. The molecule has 0 aromatic heterocycles. The lowest BCUT2D eigenvalue weighted by atomic mass is 10.1. The van der Waals surface area contributed by atoms with E-state index in [0.717, 1.165) is 38.5 Å². The van der Waals surface area contributed by atoms with Gasteiger partial charge in [0.15, 0.2) is 0 Å². The van der Waals surface area contributed by atoms with E-state index in [1.807, 2.05) is 0 Å². The zero-order valence-corrected chi connectivity index (χ0v) is 13.7. The van der Waals surface area contributed by atoms with Gasteiger partial charge in [-0.2, -0.15) is 0 Å². The first kappa shape index (κ1) is 20.2. The number of benzene rings is 1. The Bertz CT molecular complexity index is 382. The average molecular weight is 308 g/mol. The molecule has 1 aromatic rings. The van der Waals surface area contributed by atoms with Crippen LogP contribution in [0.3, 0.4) is 0 Å². The summed E-state index contributed by atoms with van der Waals surface area (Å²) in [7, 11) is 0. The maximum Gasteiger partial charge on any atom is 0.303 e. The Hall–Kier alpha value is -1.84. The van der Waals surface area contributed by atoms with Crippen LogP contribution in [0.15, 0.2) is 24.3 Å². The first-order valence-electron chi connectivity index (χ1n) is 7.88. The molecule has 22 heavy (non-hydrogen) atoms. The second-order valence-corrected chi connectivity index (χ2v) is 5.56. The number of carboxylic acid groups (broad SMARTS) is 2. The van der Waals surface area contributed by atoms with Crippen molar-refractivity contribution in [2.45, 2.75) is 65.2 Å². The van der Waals surface area contributed by atoms with Crippen molar-refractivity contribution in [3.8, 4) is 0 Å². The highest BCUT2D eigenvalue weighted by Crippen LogP contribution is 2.08. The number of rotatable bonds is 9. The highest BCUT2D eigenvalue weighted by atomic mass is 16.4. The largest absolute Gasteiger partial charge is 0.481 e. The van der Waals surface area contributed by atoms with Gasteiger partial charge in [-0.25, -0.2) is 0 Å². The fraction of sp³-hybridized carbons (Fsp3) is 0.556. The van der Waals surface area contributed by atoms with Crippen molar-refractivity contribution in [2.75, 3.05) is 0 Å². The Morgan fingerprint density at radius 1 is 0.682 bits per heavy atom. The van der Waals surface area contributed by atoms with Crippen LogP contribution in [0, 0.1) is 13.8 Å². The second-order valence-electron chi connectivity index (χ2n) is 5.56. The first-order chi connectivity index (χ1) is 10.4. The molecule has 0 saturated heterocycles. The van der Waals surface area contributed by atoms with Crippen LogP contribution in [-0.4, -0.2) is 22.2 Å². The molecule has 1 aromatic carbocycles. The van der Waals surface area contributed by atoms with E-state index >= 15 is 0 Å². The number of aliphatic carboxylic acids is 2. The minimum atomic E-state index is -0.740. The number of hydrogen-bond acceptors (Lipinski definition) is 2. The van der Waals surface area contributed by atoms with Gasteiger partial charge in [-0.15, -0.1) is 0 Å². The van der Waals surface area contributed by atoms with E-state index in [1.54, 1.807) is 0 Å². The van der Waals surface area contributed by atoms with E-state index in [9.17, 15) is 9.59 Å². The summed E-state index contributed by atoms with van der Waals surface area (Å²) in [6.07, 6.45) is 5.82. The van der Waals surface area contributed by atoms with Crippen molar-refractivity contribution in [3.63, 3.8) is 0 Å². The van der Waals surface area contributed by atoms with Gasteiger partial charge >= 0.3 is 11.9 Å². The molecule has 0 aliphatic carbocycles. The fourth-order valence-electron chi connectivity index (χ4n) is 1.90. The molecule has 0 heterocycles. The quantitative estimate of drug-likeness (QED) is 0.655. The van der Waals surface area contributed by atoms with Crippen LogP contribution in [0.2, 0.25) is 0 Å². The molecular weight excluding hydrogens is 280 g/mol. The molecule has 0 spiro atoms. The number of unbranched alkanes of at least 4 members (excludes halogenated alkanes) is 5. The van der Waals surface area contributed by atoms with Crippen LogP contribution in [0.1, 0.15) is 62.5 Å². The molecule has 0 saturated carbocycles. The summed E-state index contributed by atoms with van der Waals surface area (Å²) in [5.74, 6) is -1.48. The van der Waals surface area contributed by atoms with Gasteiger partial charge in [0.2, 0.25) is 0 Å². The van der Waals surface area contributed by atoms with E-state index in [1.165, 1.54) is 11.1 Å². The highest BCUT2D eigenvalue weighted by molar-refractivity contribution is 5.66. The van der Waals surface area contributed by atoms with E-state index < -0.39 is 11.9 Å². The Morgan fingerprint density at radius 3 is 1.23 bits per heavy atom. The predicted molar refractivity (Wildman–Crippen MR) is 88.1 cm³/mol. The van der Waals surface area contributed by atoms with Crippen molar-refractivity contribution in [1.82, 2.24) is 0 Å². The standard InChI is InChI=1S/C10H18O4.C8H10/c11-9(12)7-5-3-1-2-4-6-8-10(13)14;1-7-3-5-8(2)6-4-7/h1-8H2,(H,11,12)(H,13,14);3-6H,1-2H3. The third kappa shape index (κ3) is 14.6. The van der Waals surface area contributed by atoms with E-state index in [4.69, 9.17) is 10.2 Å². The monoisotopic (exact) mass is 308 g/mol. The molecule has 124 valence electrons. The molecule has 0 bridgehead atoms. The molecular formula is C18H28O4. The third-order valence-corrected chi connectivity index (χ3v) is 3.25. The fourth-order valence-corrected chi connectivity index (χ4v) is 1.90. The molecule has 0 radical (unpaired) electrons. The predicted octanol–water partition coefficient (Wildman–Crippen LogP) is 4.58. The molecule has 0 fully saturated rings. The number of aryl methyl sites for hydroxylation is 2. The normalized spacial score (nSPS) is 9.73. The van der Waals surface area contributed by atoms with E-state index in [0.29, 0.717) is 0 Å². The molecule has 1 rings (SSSR count). The van der Waals surface area contributed by atoms with Crippen molar-refractivity contribution < 1.29 is 19.8 Å². The summed E-state index contributed by atoms with van der Waals surface area (Å²) in [4.78, 5) is 20.3. The molecule has 0 aliphatic heterocycles. The molecule has 2 N–H and O–H groups in total. The zero-order valence-electron chi connectivity index (χ0n) is 13.7. The molecule has 0 aliphatic rings. The van der Waals surface area contributed by atoms with Crippen LogP contribution < -0.4 is 0 Å². The number of carbonyl (C=O) groups is 2. The number of carboxylic acids is 2. The summed E-state index contributed by atoms with van der Waals surface area (Å²) in [6, 6.07) is 8.48. The number of hydrogen-bond donors (Lipinski definition) is 2. The lowest BCUT2D eigenvalue weighted by molar-refractivity contribution is -0.138. The maximum absolute atomic E-state index is 10.1. The van der Waals surface area contributed by atoms with Gasteiger partial charge in [0.1, 0.15) is 0 Å². The topological polar surface area (TPSA) is 74.6 Å². The Kier molecular flexibility index (Phi) is 11.8. The summed E-state index contributed by atoms with van der Waals surface area (Å²) in [5, 5.41) is 16.7. The summed E-state index contributed by atoms with van der Waals surface area (Å²) < 4.78 is 0. The Balaban J connectivity index is 0.000000461. The van der Waals surface area contributed by atoms with Crippen LogP contribution in [-0.2, 0) is 9.59 Å². The van der Waals surface area contributed by atoms with Crippen LogP contribution in [0.25, 0.3) is 0 Å². The highest BCUT2D eigenvalue weighted by Gasteiger charge is 1.98. The van der Waals surface area contributed by atoms with E-state index in [2.05, 4.69) is 38.1 Å². The third-order valence-electron chi connectivity index (χ3n) is 3.25. The van der Waals surface area contributed by atoms with Gasteiger partial charge in [-0.3, -0.25) is 9.59 Å². The van der Waals surface area contributed by atoms with Crippen LogP contribution in [0.4, 0.5) is 0 Å². The van der Waals surface area contributed by atoms with Crippen molar-refractivity contribution in [2.24, 2.45) is 0 Å². The van der Waals surface area contributed by atoms with Crippen LogP contribution in [0.5, 0.6) is 0 Å². The minimum absolute atomic E-state index is 0.245. The molecule has 4 nitrogen and oxygen atoms in total. The lowest BCUT2D eigenvalue weighted by Gasteiger charge is -1.98. The molecule has 0 amide bonds. The summed E-state index contributed by atoms with van der Waals surface area (Å²) in [5.41, 5.74) is 2.66. The van der Waals surface area contributed by atoms with Crippen molar-refractivity contribution in [1.29, 1.82) is 0 Å². The molecule has 0 unspecified atom stereocenters. The van der Waals surface area contributed by atoms with Crippen molar-refractivity contribution >= 4 is 11.9 Å². The maximum atomic E-state index is 10.1. The van der Waals surface area contributed by atoms with Gasteiger partial charge in [0, 0.05) is 12.8 Å². The lowest BCUT2D eigenvalue weighted by Crippen LogP contribution is -1.94. The molecule has 0 atom stereocenters. The summed E-state index contributed by atoms with van der Waals surface area (Å²) >= 11 is 0. The van der Waals surface area contributed by atoms with Crippen molar-refractivity contribution in [3.05, 3.63) is 35.4 Å².